The van der Waals surface area contributed by atoms with Gasteiger partial charge in [-0.1, -0.05) is 6.07 Å². The first-order chi connectivity index (χ1) is 7.02. The van der Waals surface area contributed by atoms with E-state index in [1.165, 1.54) is 6.07 Å². The minimum atomic E-state index is -1.12. The van der Waals surface area contributed by atoms with Crippen molar-refractivity contribution in [2.24, 2.45) is 0 Å². The van der Waals surface area contributed by atoms with Crippen molar-refractivity contribution in [3.05, 3.63) is 29.0 Å². The maximum Gasteiger partial charge on any atom is 0.372 e. The summed E-state index contributed by atoms with van der Waals surface area (Å²) in [6.45, 7) is 3.42. The standard InChI is InChI=1S/C11H10O4/c1-5-3-4-7(12)8-6(2)10(11(13)14)15-9(5)8/h3-4,12H,1-2H3,(H,13,14). The second kappa shape index (κ2) is 3.02. The lowest BCUT2D eigenvalue weighted by atomic mass is 10.1. The number of fused-ring (bicyclic) bond motifs is 1. The van der Waals surface area contributed by atoms with Crippen LogP contribution in [0, 0.1) is 13.8 Å². The van der Waals surface area contributed by atoms with Crippen molar-refractivity contribution in [3.8, 4) is 5.75 Å². The van der Waals surface area contributed by atoms with E-state index >= 15 is 0 Å². The largest absolute Gasteiger partial charge is 0.507 e. The van der Waals surface area contributed by atoms with Crippen LogP contribution in [0.1, 0.15) is 21.7 Å². The maximum atomic E-state index is 10.8. The van der Waals surface area contributed by atoms with E-state index in [-0.39, 0.29) is 11.5 Å². The first-order valence-corrected chi connectivity index (χ1v) is 4.47. The van der Waals surface area contributed by atoms with Gasteiger partial charge in [0.15, 0.2) is 0 Å². The number of hydrogen-bond donors (Lipinski definition) is 2. The Bertz CT molecular complexity index is 551. The molecule has 2 rings (SSSR count). The van der Waals surface area contributed by atoms with Crippen LogP contribution in [-0.4, -0.2) is 16.2 Å². The van der Waals surface area contributed by atoms with E-state index < -0.39 is 5.97 Å². The summed E-state index contributed by atoms with van der Waals surface area (Å²) in [4.78, 5) is 10.8. The van der Waals surface area contributed by atoms with E-state index in [2.05, 4.69) is 0 Å². The Morgan fingerprint density at radius 3 is 2.53 bits per heavy atom. The molecule has 0 aliphatic carbocycles. The second-order valence-electron chi connectivity index (χ2n) is 3.47. The molecule has 0 bridgehead atoms. The van der Waals surface area contributed by atoms with Crippen LogP contribution >= 0.6 is 0 Å². The maximum absolute atomic E-state index is 10.8. The average Bonchev–Trinajstić information content (AvgIpc) is 2.51. The predicted octanol–water partition coefficient (Wildman–Crippen LogP) is 2.45. The number of phenolic OH excluding ortho intramolecular Hbond substituents is 1. The lowest BCUT2D eigenvalue weighted by Crippen LogP contribution is -1.95. The molecule has 4 nitrogen and oxygen atoms in total. The van der Waals surface area contributed by atoms with Crippen LogP contribution in [0.4, 0.5) is 0 Å². The van der Waals surface area contributed by atoms with E-state index in [1.54, 1.807) is 19.9 Å². The Morgan fingerprint density at radius 1 is 1.33 bits per heavy atom. The zero-order valence-corrected chi connectivity index (χ0v) is 8.37. The molecule has 0 aliphatic rings. The zero-order chi connectivity index (χ0) is 11.2. The first kappa shape index (κ1) is 9.58. The molecule has 0 radical (unpaired) electrons. The van der Waals surface area contributed by atoms with Gasteiger partial charge in [-0.3, -0.25) is 0 Å². The number of carboxylic acid groups (broad SMARTS) is 1. The number of aromatic hydroxyl groups is 1. The van der Waals surface area contributed by atoms with Crippen LogP contribution in [0.2, 0.25) is 0 Å². The summed E-state index contributed by atoms with van der Waals surface area (Å²) in [5.41, 5.74) is 1.70. The molecule has 0 saturated heterocycles. The van der Waals surface area contributed by atoms with Gasteiger partial charge in [-0.25, -0.2) is 4.79 Å². The molecular formula is C11H10O4. The molecule has 0 saturated carbocycles. The number of hydrogen-bond acceptors (Lipinski definition) is 3. The summed E-state index contributed by atoms with van der Waals surface area (Å²) in [5, 5.41) is 19.0. The quantitative estimate of drug-likeness (QED) is 0.751. The molecule has 0 unspecified atom stereocenters. The Morgan fingerprint density at radius 2 is 2.00 bits per heavy atom. The van der Waals surface area contributed by atoms with Gasteiger partial charge < -0.3 is 14.6 Å². The summed E-state index contributed by atoms with van der Waals surface area (Å²) in [5.74, 6) is -1.19. The van der Waals surface area contributed by atoms with Crippen LogP contribution in [0.15, 0.2) is 16.5 Å². The number of rotatable bonds is 1. The number of carbonyl (C=O) groups is 1. The molecule has 0 amide bonds. The fraction of sp³-hybridized carbons (Fsp3) is 0.182. The van der Waals surface area contributed by atoms with Gasteiger partial charge in [0.2, 0.25) is 5.76 Å². The highest BCUT2D eigenvalue weighted by Gasteiger charge is 2.19. The summed E-state index contributed by atoms with van der Waals surface area (Å²) < 4.78 is 5.21. The van der Waals surface area contributed by atoms with Crippen molar-refractivity contribution >= 4 is 16.9 Å². The Hall–Kier alpha value is -1.97. The Kier molecular flexibility index (Phi) is 1.93. The molecule has 0 spiro atoms. The van der Waals surface area contributed by atoms with Crippen molar-refractivity contribution in [2.45, 2.75) is 13.8 Å². The van der Waals surface area contributed by atoms with E-state index in [0.29, 0.717) is 16.5 Å². The van der Waals surface area contributed by atoms with Crippen molar-refractivity contribution in [1.29, 1.82) is 0 Å². The summed E-state index contributed by atoms with van der Waals surface area (Å²) in [6, 6.07) is 3.22. The molecule has 78 valence electrons. The smallest absolute Gasteiger partial charge is 0.372 e. The molecule has 4 heteroatoms. The van der Waals surface area contributed by atoms with Gasteiger partial charge in [-0.05, 0) is 25.5 Å². The monoisotopic (exact) mass is 206 g/mol. The predicted molar refractivity (Wildman–Crippen MR) is 54.3 cm³/mol. The summed E-state index contributed by atoms with van der Waals surface area (Å²) in [7, 11) is 0. The van der Waals surface area contributed by atoms with Crippen LogP contribution < -0.4 is 0 Å². The first-order valence-electron chi connectivity index (χ1n) is 4.47. The number of benzene rings is 1. The van der Waals surface area contributed by atoms with Crippen LogP contribution in [0.5, 0.6) is 5.75 Å². The van der Waals surface area contributed by atoms with Gasteiger partial charge in [0.1, 0.15) is 11.3 Å². The van der Waals surface area contributed by atoms with E-state index in [9.17, 15) is 9.90 Å². The number of furan rings is 1. The highest BCUT2D eigenvalue weighted by molar-refractivity contribution is 5.98. The molecule has 0 aliphatic heterocycles. The third kappa shape index (κ3) is 1.26. The van der Waals surface area contributed by atoms with Crippen LogP contribution in [0.25, 0.3) is 11.0 Å². The molecule has 0 atom stereocenters. The van der Waals surface area contributed by atoms with Crippen LogP contribution in [0.3, 0.4) is 0 Å². The lowest BCUT2D eigenvalue weighted by Gasteiger charge is -1.97. The van der Waals surface area contributed by atoms with Gasteiger partial charge >= 0.3 is 5.97 Å². The van der Waals surface area contributed by atoms with Crippen LogP contribution in [-0.2, 0) is 0 Å². The summed E-state index contributed by atoms with van der Waals surface area (Å²) in [6.07, 6.45) is 0. The number of aryl methyl sites for hydroxylation is 2. The molecule has 2 N–H and O–H groups in total. The normalized spacial score (nSPS) is 10.8. The van der Waals surface area contributed by atoms with Gasteiger partial charge in [0.05, 0.1) is 5.39 Å². The van der Waals surface area contributed by atoms with E-state index in [1.807, 2.05) is 0 Å². The van der Waals surface area contributed by atoms with Crippen molar-refractivity contribution < 1.29 is 19.4 Å². The molecule has 1 aromatic carbocycles. The second-order valence-corrected chi connectivity index (χ2v) is 3.47. The number of carboxylic acids is 1. The van der Waals surface area contributed by atoms with Crippen molar-refractivity contribution in [3.63, 3.8) is 0 Å². The third-order valence-corrected chi connectivity index (χ3v) is 2.45. The van der Waals surface area contributed by atoms with Gasteiger partial charge in [0.25, 0.3) is 0 Å². The Balaban J connectivity index is 2.93. The molecule has 0 fully saturated rings. The highest BCUT2D eigenvalue weighted by Crippen LogP contribution is 2.34. The molecular weight excluding hydrogens is 196 g/mol. The molecule has 15 heavy (non-hydrogen) atoms. The molecule has 2 aromatic rings. The van der Waals surface area contributed by atoms with Gasteiger partial charge in [-0.2, -0.15) is 0 Å². The van der Waals surface area contributed by atoms with Gasteiger partial charge in [-0.15, -0.1) is 0 Å². The lowest BCUT2D eigenvalue weighted by molar-refractivity contribution is 0.0664. The van der Waals surface area contributed by atoms with Crippen molar-refractivity contribution in [1.82, 2.24) is 0 Å². The Labute approximate surface area is 85.8 Å². The number of phenols is 1. The minimum absolute atomic E-state index is 0.0457. The highest BCUT2D eigenvalue weighted by atomic mass is 16.4. The fourth-order valence-electron chi connectivity index (χ4n) is 1.67. The number of aromatic carboxylic acids is 1. The average molecular weight is 206 g/mol. The topological polar surface area (TPSA) is 70.7 Å². The summed E-state index contributed by atoms with van der Waals surface area (Å²) >= 11 is 0. The zero-order valence-electron chi connectivity index (χ0n) is 8.37. The minimum Gasteiger partial charge on any atom is -0.507 e. The molecule has 1 aromatic heterocycles. The third-order valence-electron chi connectivity index (χ3n) is 2.45. The molecule has 1 heterocycles. The SMILES string of the molecule is Cc1ccc(O)c2c(C)c(C(=O)O)oc12. The van der Waals surface area contributed by atoms with E-state index in [4.69, 9.17) is 9.52 Å². The van der Waals surface area contributed by atoms with Crippen molar-refractivity contribution in [2.75, 3.05) is 0 Å². The van der Waals surface area contributed by atoms with Gasteiger partial charge in [0, 0.05) is 5.56 Å². The fourth-order valence-corrected chi connectivity index (χ4v) is 1.67. The van der Waals surface area contributed by atoms with E-state index in [0.717, 1.165) is 5.56 Å².